The van der Waals surface area contributed by atoms with Crippen LogP contribution in [0.4, 0.5) is 4.79 Å². The predicted molar refractivity (Wildman–Crippen MR) is 121 cm³/mol. The Hall–Kier alpha value is -3.35. The number of carboxylic acids is 1. The molecule has 0 spiro atoms. The van der Waals surface area contributed by atoms with Gasteiger partial charge in [-0.1, -0.05) is 69.3 Å². The third-order valence-corrected chi connectivity index (χ3v) is 5.61. The molecule has 1 aliphatic carbocycles. The number of aliphatic carboxylic acids is 1. The Kier molecular flexibility index (Phi) is 7.18. The van der Waals surface area contributed by atoms with Crippen molar-refractivity contribution in [3.8, 4) is 11.1 Å². The summed E-state index contributed by atoms with van der Waals surface area (Å²) in [5.74, 6) is -1.44. The highest BCUT2D eigenvalue weighted by atomic mass is 16.5. The first-order valence-corrected chi connectivity index (χ1v) is 10.8. The van der Waals surface area contributed by atoms with Crippen LogP contribution in [0.25, 0.3) is 11.1 Å². The van der Waals surface area contributed by atoms with Crippen molar-refractivity contribution in [3.63, 3.8) is 0 Å². The maximum atomic E-state index is 12.2. The summed E-state index contributed by atoms with van der Waals surface area (Å²) in [5.41, 5.74) is 4.02. The van der Waals surface area contributed by atoms with Gasteiger partial charge < -0.3 is 20.5 Å². The zero-order chi connectivity index (χ0) is 23.3. The van der Waals surface area contributed by atoms with E-state index < -0.39 is 23.5 Å². The normalized spacial score (nSPS) is 13.6. The molecule has 1 atom stereocenters. The lowest BCUT2D eigenvalue weighted by Crippen LogP contribution is -2.49. The second kappa shape index (κ2) is 9.85. The number of fused-ring (bicyclic) bond motifs is 3. The molecule has 32 heavy (non-hydrogen) atoms. The van der Waals surface area contributed by atoms with Crippen LogP contribution < -0.4 is 10.6 Å². The van der Waals surface area contributed by atoms with Gasteiger partial charge in [-0.2, -0.15) is 0 Å². The SMILES string of the molecule is CC(C)(C)C(NC(=O)CCCNC(=O)OCC1c2ccccc2-c2ccccc21)C(=O)O. The van der Waals surface area contributed by atoms with Gasteiger partial charge in [-0.25, -0.2) is 9.59 Å². The molecule has 0 aromatic heterocycles. The number of carbonyl (C=O) groups excluding carboxylic acids is 2. The van der Waals surface area contributed by atoms with Crippen LogP contribution >= 0.6 is 0 Å². The molecule has 7 nitrogen and oxygen atoms in total. The minimum atomic E-state index is -1.07. The van der Waals surface area contributed by atoms with Crippen molar-refractivity contribution in [2.75, 3.05) is 13.2 Å². The molecule has 0 heterocycles. The van der Waals surface area contributed by atoms with Crippen LogP contribution in [0.1, 0.15) is 50.7 Å². The Labute approximate surface area is 188 Å². The Morgan fingerprint density at radius 2 is 1.56 bits per heavy atom. The summed E-state index contributed by atoms with van der Waals surface area (Å²) in [6, 6.07) is 15.3. The molecular formula is C25H30N2O5. The summed E-state index contributed by atoms with van der Waals surface area (Å²) in [6.07, 6.45) is -0.0406. The maximum Gasteiger partial charge on any atom is 0.407 e. The van der Waals surface area contributed by atoms with Crippen molar-refractivity contribution < 1.29 is 24.2 Å². The van der Waals surface area contributed by atoms with E-state index in [1.165, 1.54) is 0 Å². The summed E-state index contributed by atoms with van der Waals surface area (Å²) in [4.78, 5) is 35.6. The van der Waals surface area contributed by atoms with Crippen LogP contribution in [-0.2, 0) is 14.3 Å². The number of hydrogen-bond donors (Lipinski definition) is 3. The molecule has 2 aromatic carbocycles. The van der Waals surface area contributed by atoms with Gasteiger partial charge in [-0.3, -0.25) is 4.79 Å². The van der Waals surface area contributed by atoms with E-state index in [1.54, 1.807) is 20.8 Å². The fourth-order valence-electron chi connectivity index (χ4n) is 3.97. The van der Waals surface area contributed by atoms with Gasteiger partial charge >= 0.3 is 12.1 Å². The summed E-state index contributed by atoms with van der Waals surface area (Å²) >= 11 is 0. The third kappa shape index (κ3) is 5.46. The van der Waals surface area contributed by atoms with E-state index in [-0.39, 0.29) is 31.4 Å². The van der Waals surface area contributed by atoms with E-state index in [1.807, 2.05) is 24.3 Å². The summed E-state index contributed by atoms with van der Waals surface area (Å²) in [6.45, 7) is 5.75. The maximum absolute atomic E-state index is 12.2. The van der Waals surface area contributed by atoms with Crippen molar-refractivity contribution in [3.05, 3.63) is 59.7 Å². The molecule has 0 fully saturated rings. The molecule has 0 bridgehead atoms. The highest BCUT2D eigenvalue weighted by Gasteiger charge is 2.32. The average Bonchev–Trinajstić information content (AvgIpc) is 3.06. The van der Waals surface area contributed by atoms with Gasteiger partial charge in [0.2, 0.25) is 5.91 Å². The number of rotatable bonds is 8. The van der Waals surface area contributed by atoms with Crippen LogP contribution in [-0.4, -0.2) is 42.3 Å². The van der Waals surface area contributed by atoms with Crippen LogP contribution in [0, 0.1) is 5.41 Å². The first kappa shape index (κ1) is 23.3. The molecule has 2 aromatic rings. The van der Waals surface area contributed by atoms with E-state index in [0.29, 0.717) is 6.42 Å². The zero-order valence-corrected chi connectivity index (χ0v) is 18.7. The second-order valence-electron chi connectivity index (χ2n) is 9.06. The monoisotopic (exact) mass is 438 g/mol. The molecule has 3 rings (SSSR count). The molecule has 0 saturated heterocycles. The molecule has 1 unspecified atom stereocenters. The molecule has 1 aliphatic rings. The highest BCUT2D eigenvalue weighted by molar-refractivity contribution is 5.84. The number of nitrogens with one attached hydrogen (secondary N) is 2. The number of carbonyl (C=O) groups is 3. The van der Waals surface area contributed by atoms with E-state index >= 15 is 0 Å². The number of hydrogen-bond acceptors (Lipinski definition) is 4. The minimum absolute atomic E-state index is 0.00993. The lowest BCUT2D eigenvalue weighted by molar-refractivity contribution is -0.144. The minimum Gasteiger partial charge on any atom is -0.480 e. The zero-order valence-electron chi connectivity index (χ0n) is 18.7. The first-order chi connectivity index (χ1) is 15.2. The van der Waals surface area contributed by atoms with E-state index in [2.05, 4.69) is 34.9 Å². The Morgan fingerprint density at radius 3 is 2.09 bits per heavy atom. The van der Waals surface area contributed by atoms with Crippen LogP contribution in [0.5, 0.6) is 0 Å². The number of ether oxygens (including phenoxy) is 1. The van der Waals surface area contributed by atoms with Gasteiger partial charge in [0.05, 0.1) is 0 Å². The lowest BCUT2D eigenvalue weighted by atomic mass is 9.86. The second-order valence-corrected chi connectivity index (χ2v) is 9.06. The van der Waals surface area contributed by atoms with Gasteiger partial charge in [0, 0.05) is 18.9 Å². The first-order valence-electron chi connectivity index (χ1n) is 10.8. The molecule has 0 aliphatic heterocycles. The average molecular weight is 439 g/mol. The van der Waals surface area contributed by atoms with Crippen LogP contribution in [0.2, 0.25) is 0 Å². The number of alkyl carbamates (subject to hydrolysis) is 1. The van der Waals surface area contributed by atoms with E-state index in [4.69, 9.17) is 4.74 Å². The molecular weight excluding hydrogens is 408 g/mol. The smallest absolute Gasteiger partial charge is 0.407 e. The Morgan fingerprint density at radius 1 is 1.00 bits per heavy atom. The van der Waals surface area contributed by atoms with Crippen LogP contribution in [0.3, 0.4) is 0 Å². The third-order valence-electron chi connectivity index (χ3n) is 5.61. The van der Waals surface area contributed by atoms with Crippen molar-refractivity contribution >= 4 is 18.0 Å². The molecule has 0 saturated carbocycles. The molecule has 3 N–H and O–H groups in total. The van der Waals surface area contributed by atoms with Crippen molar-refractivity contribution in [2.24, 2.45) is 5.41 Å². The fourth-order valence-corrected chi connectivity index (χ4v) is 3.97. The lowest BCUT2D eigenvalue weighted by Gasteiger charge is -2.27. The van der Waals surface area contributed by atoms with Crippen molar-refractivity contribution in [2.45, 2.75) is 45.6 Å². The summed E-state index contributed by atoms with van der Waals surface area (Å²) < 4.78 is 5.46. The summed E-state index contributed by atoms with van der Waals surface area (Å²) in [5, 5.41) is 14.5. The van der Waals surface area contributed by atoms with Crippen LogP contribution in [0.15, 0.2) is 48.5 Å². The van der Waals surface area contributed by atoms with Gasteiger partial charge in [0.15, 0.2) is 0 Å². The van der Waals surface area contributed by atoms with E-state index in [9.17, 15) is 19.5 Å². The molecule has 170 valence electrons. The van der Waals surface area contributed by atoms with Gasteiger partial charge in [-0.15, -0.1) is 0 Å². The highest BCUT2D eigenvalue weighted by Crippen LogP contribution is 2.44. The standard InChI is InChI=1S/C25H30N2O5/c1-25(2,3)22(23(29)30)27-21(28)13-8-14-26-24(31)32-15-20-18-11-6-4-9-16(18)17-10-5-7-12-19(17)20/h4-7,9-12,20,22H,8,13-15H2,1-3H3,(H,26,31)(H,27,28)(H,29,30). The predicted octanol–water partition coefficient (Wildman–Crippen LogP) is 3.92. The van der Waals surface area contributed by atoms with Gasteiger partial charge in [-0.05, 0) is 34.1 Å². The quantitative estimate of drug-likeness (QED) is 0.542. The summed E-state index contributed by atoms with van der Waals surface area (Å²) in [7, 11) is 0. The van der Waals surface area contributed by atoms with Gasteiger partial charge in [0.25, 0.3) is 0 Å². The topological polar surface area (TPSA) is 105 Å². The van der Waals surface area contributed by atoms with Gasteiger partial charge in [0.1, 0.15) is 12.6 Å². The largest absolute Gasteiger partial charge is 0.480 e. The molecule has 0 radical (unpaired) electrons. The Bertz CT molecular complexity index is 950. The fraction of sp³-hybridized carbons (Fsp3) is 0.400. The Balaban J connectivity index is 1.44. The van der Waals surface area contributed by atoms with E-state index in [0.717, 1.165) is 22.3 Å². The molecule has 7 heteroatoms. The number of amides is 2. The van der Waals surface area contributed by atoms with Crippen molar-refractivity contribution in [1.29, 1.82) is 0 Å². The number of carboxylic acid groups (broad SMARTS) is 1. The number of benzene rings is 2. The van der Waals surface area contributed by atoms with Crippen molar-refractivity contribution in [1.82, 2.24) is 10.6 Å². The molecule has 2 amide bonds.